The standard InChI is InChI=1S/C16H24N2O3/c19-15(14-7-10-21-11-8-14)6-9-17-16(20)18-12-13-4-2-1-3-5-13/h1-5,14-15,19H,6-12H2,(H2,17,18,20). The molecule has 0 radical (unpaired) electrons. The van der Waals surface area contributed by atoms with Crippen molar-refractivity contribution in [1.29, 1.82) is 0 Å². The largest absolute Gasteiger partial charge is 0.393 e. The van der Waals surface area contributed by atoms with Gasteiger partial charge in [0.15, 0.2) is 0 Å². The lowest BCUT2D eigenvalue weighted by atomic mass is 9.92. The smallest absolute Gasteiger partial charge is 0.315 e. The van der Waals surface area contributed by atoms with Crippen molar-refractivity contribution in [3.05, 3.63) is 35.9 Å². The molecule has 0 saturated carbocycles. The molecule has 2 rings (SSSR count). The number of amides is 2. The molecule has 3 N–H and O–H groups in total. The number of benzene rings is 1. The topological polar surface area (TPSA) is 70.6 Å². The number of hydrogen-bond donors (Lipinski definition) is 3. The second-order valence-electron chi connectivity index (χ2n) is 5.40. The molecule has 0 aliphatic carbocycles. The Morgan fingerprint density at radius 2 is 1.95 bits per heavy atom. The molecule has 116 valence electrons. The highest BCUT2D eigenvalue weighted by molar-refractivity contribution is 5.73. The summed E-state index contributed by atoms with van der Waals surface area (Å²) in [6.07, 6.45) is 2.04. The summed E-state index contributed by atoms with van der Waals surface area (Å²) >= 11 is 0. The molecule has 1 unspecified atom stereocenters. The molecule has 1 aliphatic heterocycles. The van der Waals surface area contributed by atoms with Crippen LogP contribution in [0.1, 0.15) is 24.8 Å². The quantitative estimate of drug-likeness (QED) is 0.747. The van der Waals surface area contributed by atoms with Gasteiger partial charge in [0.05, 0.1) is 6.10 Å². The minimum atomic E-state index is -0.358. The van der Waals surface area contributed by atoms with Crippen molar-refractivity contribution in [1.82, 2.24) is 10.6 Å². The summed E-state index contributed by atoms with van der Waals surface area (Å²) < 4.78 is 5.28. The minimum Gasteiger partial charge on any atom is -0.393 e. The third kappa shape index (κ3) is 5.73. The first-order valence-electron chi connectivity index (χ1n) is 7.57. The van der Waals surface area contributed by atoms with E-state index in [0.29, 0.717) is 25.4 Å². The van der Waals surface area contributed by atoms with Gasteiger partial charge in [-0.1, -0.05) is 30.3 Å². The average Bonchev–Trinajstić information content (AvgIpc) is 2.54. The fraction of sp³-hybridized carbons (Fsp3) is 0.562. The van der Waals surface area contributed by atoms with Crippen molar-refractivity contribution in [3.63, 3.8) is 0 Å². The Hall–Kier alpha value is -1.59. The third-order valence-electron chi connectivity index (χ3n) is 3.83. The predicted octanol–water partition coefficient (Wildman–Crippen LogP) is 1.66. The summed E-state index contributed by atoms with van der Waals surface area (Å²) in [5.74, 6) is 0.299. The fourth-order valence-corrected chi connectivity index (χ4v) is 2.51. The Bertz CT molecular complexity index is 419. The number of hydrogen-bond acceptors (Lipinski definition) is 3. The molecular formula is C16H24N2O3. The van der Waals surface area contributed by atoms with E-state index in [9.17, 15) is 9.90 Å². The van der Waals surface area contributed by atoms with Gasteiger partial charge < -0.3 is 20.5 Å². The van der Waals surface area contributed by atoms with Crippen molar-refractivity contribution >= 4 is 6.03 Å². The Morgan fingerprint density at radius 3 is 2.67 bits per heavy atom. The molecule has 1 aliphatic rings. The zero-order chi connectivity index (χ0) is 14.9. The Morgan fingerprint density at radius 1 is 1.24 bits per heavy atom. The SMILES string of the molecule is O=C(NCCC(O)C1CCOCC1)NCc1ccccc1. The molecule has 0 aromatic heterocycles. The molecule has 1 atom stereocenters. The van der Waals surface area contributed by atoms with E-state index in [1.54, 1.807) is 0 Å². The lowest BCUT2D eigenvalue weighted by molar-refractivity contribution is 0.00545. The molecule has 1 aromatic rings. The molecular weight excluding hydrogens is 268 g/mol. The molecule has 5 heteroatoms. The summed E-state index contributed by atoms with van der Waals surface area (Å²) in [6.45, 7) is 2.45. The van der Waals surface area contributed by atoms with Crippen molar-refractivity contribution in [3.8, 4) is 0 Å². The van der Waals surface area contributed by atoms with E-state index in [1.807, 2.05) is 30.3 Å². The maximum absolute atomic E-state index is 11.7. The van der Waals surface area contributed by atoms with Crippen LogP contribution in [0.25, 0.3) is 0 Å². The molecule has 5 nitrogen and oxygen atoms in total. The molecule has 1 aromatic carbocycles. The van der Waals surface area contributed by atoms with Gasteiger partial charge in [-0.05, 0) is 30.7 Å². The molecule has 1 heterocycles. The van der Waals surface area contributed by atoms with Gasteiger partial charge in [0.25, 0.3) is 0 Å². The number of ether oxygens (including phenoxy) is 1. The van der Waals surface area contributed by atoms with Crippen LogP contribution in [0, 0.1) is 5.92 Å². The van der Waals surface area contributed by atoms with Crippen LogP contribution < -0.4 is 10.6 Å². The average molecular weight is 292 g/mol. The van der Waals surface area contributed by atoms with Crippen LogP contribution in [-0.4, -0.2) is 37.0 Å². The summed E-state index contributed by atoms with van der Waals surface area (Å²) in [7, 11) is 0. The van der Waals surface area contributed by atoms with E-state index in [0.717, 1.165) is 31.6 Å². The number of urea groups is 1. The second-order valence-corrected chi connectivity index (χ2v) is 5.40. The van der Waals surface area contributed by atoms with Crippen molar-refractivity contribution in [2.24, 2.45) is 5.92 Å². The van der Waals surface area contributed by atoms with Gasteiger partial charge in [-0.25, -0.2) is 4.79 Å². The van der Waals surface area contributed by atoms with Crippen LogP contribution in [0.2, 0.25) is 0 Å². The van der Waals surface area contributed by atoms with E-state index in [4.69, 9.17) is 4.74 Å². The number of rotatable bonds is 6. The first-order chi connectivity index (χ1) is 10.3. The van der Waals surface area contributed by atoms with Gasteiger partial charge in [0, 0.05) is 26.3 Å². The van der Waals surface area contributed by atoms with Gasteiger partial charge in [-0.3, -0.25) is 0 Å². The molecule has 0 spiro atoms. The number of carbonyl (C=O) groups excluding carboxylic acids is 1. The van der Waals surface area contributed by atoms with Gasteiger partial charge in [0.1, 0.15) is 0 Å². The second kappa shape index (κ2) is 8.64. The van der Waals surface area contributed by atoms with E-state index >= 15 is 0 Å². The van der Waals surface area contributed by atoms with Crippen molar-refractivity contribution < 1.29 is 14.6 Å². The van der Waals surface area contributed by atoms with Crippen molar-refractivity contribution in [2.75, 3.05) is 19.8 Å². The van der Waals surface area contributed by atoms with E-state index in [-0.39, 0.29) is 12.1 Å². The molecule has 2 amide bonds. The number of aliphatic hydroxyl groups is 1. The lowest BCUT2D eigenvalue weighted by Crippen LogP contribution is -2.37. The monoisotopic (exact) mass is 292 g/mol. The van der Waals surface area contributed by atoms with Crippen LogP contribution in [0.4, 0.5) is 4.79 Å². The van der Waals surface area contributed by atoms with Crippen LogP contribution in [0.5, 0.6) is 0 Å². The predicted molar refractivity (Wildman–Crippen MR) is 80.8 cm³/mol. The molecule has 21 heavy (non-hydrogen) atoms. The summed E-state index contributed by atoms with van der Waals surface area (Å²) in [6, 6.07) is 9.57. The number of aliphatic hydroxyl groups excluding tert-OH is 1. The highest BCUT2D eigenvalue weighted by atomic mass is 16.5. The van der Waals surface area contributed by atoms with Crippen LogP contribution in [-0.2, 0) is 11.3 Å². The summed E-state index contributed by atoms with van der Waals surface area (Å²) in [5, 5.41) is 15.6. The fourth-order valence-electron chi connectivity index (χ4n) is 2.51. The van der Waals surface area contributed by atoms with Crippen LogP contribution >= 0.6 is 0 Å². The first kappa shape index (κ1) is 15.8. The zero-order valence-corrected chi connectivity index (χ0v) is 12.3. The number of nitrogens with one attached hydrogen (secondary N) is 2. The summed E-state index contributed by atoms with van der Waals surface area (Å²) in [5.41, 5.74) is 1.06. The highest BCUT2D eigenvalue weighted by Crippen LogP contribution is 2.20. The normalized spacial score (nSPS) is 17.2. The van der Waals surface area contributed by atoms with Gasteiger partial charge in [0.2, 0.25) is 0 Å². The maximum atomic E-state index is 11.7. The zero-order valence-electron chi connectivity index (χ0n) is 12.3. The molecule has 0 bridgehead atoms. The van der Waals surface area contributed by atoms with Crippen LogP contribution in [0.3, 0.4) is 0 Å². The number of carbonyl (C=O) groups is 1. The minimum absolute atomic E-state index is 0.196. The maximum Gasteiger partial charge on any atom is 0.315 e. The third-order valence-corrected chi connectivity index (χ3v) is 3.83. The molecule has 1 fully saturated rings. The van der Waals surface area contributed by atoms with Gasteiger partial charge in [-0.2, -0.15) is 0 Å². The highest BCUT2D eigenvalue weighted by Gasteiger charge is 2.21. The van der Waals surface area contributed by atoms with E-state index in [1.165, 1.54) is 0 Å². The Kier molecular flexibility index (Phi) is 6.50. The van der Waals surface area contributed by atoms with E-state index < -0.39 is 0 Å². The van der Waals surface area contributed by atoms with Gasteiger partial charge >= 0.3 is 6.03 Å². The first-order valence-corrected chi connectivity index (χ1v) is 7.57. The summed E-state index contributed by atoms with van der Waals surface area (Å²) in [4.78, 5) is 11.7. The van der Waals surface area contributed by atoms with Crippen molar-refractivity contribution in [2.45, 2.75) is 31.9 Å². The Labute approximate surface area is 125 Å². The van der Waals surface area contributed by atoms with Crippen LogP contribution in [0.15, 0.2) is 30.3 Å². The lowest BCUT2D eigenvalue weighted by Gasteiger charge is -2.26. The van der Waals surface area contributed by atoms with E-state index in [2.05, 4.69) is 10.6 Å². The molecule has 1 saturated heterocycles. The Balaban J connectivity index is 1.58. The van der Waals surface area contributed by atoms with Gasteiger partial charge in [-0.15, -0.1) is 0 Å².